The first-order valence-corrected chi connectivity index (χ1v) is 10.1. The molecule has 0 unspecified atom stereocenters. The number of nitrogens with two attached hydrogens (primary N) is 1. The van der Waals surface area contributed by atoms with E-state index in [4.69, 9.17) is 10.7 Å². The van der Waals surface area contributed by atoms with E-state index < -0.39 is 5.91 Å². The Labute approximate surface area is 169 Å². The molecule has 1 saturated carbocycles. The van der Waals surface area contributed by atoms with Gasteiger partial charge in [-0.25, -0.2) is 9.97 Å². The Kier molecular flexibility index (Phi) is 4.30. The Morgan fingerprint density at radius 1 is 1.24 bits per heavy atom. The zero-order chi connectivity index (χ0) is 20.0. The van der Waals surface area contributed by atoms with Gasteiger partial charge in [0.25, 0.3) is 5.91 Å². The van der Waals surface area contributed by atoms with Gasteiger partial charge in [0.1, 0.15) is 0 Å². The van der Waals surface area contributed by atoms with Crippen LogP contribution in [-0.4, -0.2) is 25.7 Å². The fraction of sp³-hybridized carbons (Fsp3) is 0.364. The normalized spacial score (nSPS) is 16.7. The number of rotatable bonds is 5. The summed E-state index contributed by atoms with van der Waals surface area (Å²) in [5.74, 6) is 0.105. The van der Waals surface area contributed by atoms with Crippen LogP contribution in [0.4, 0.5) is 5.95 Å². The number of primary amides is 1. The van der Waals surface area contributed by atoms with E-state index in [0.717, 1.165) is 67.5 Å². The standard InChI is InChI=1S/C22H24N6O/c1-28-20-16(19(27-28)21(23)29)10-9-15-12-24-22(26-18(15)20)25-17(14-7-8-14)11-13-5-3-2-4-6-13/h2-3,5,12H,4,6-11H2,1H3,(H2,23,29)(H,24,25,26). The van der Waals surface area contributed by atoms with Gasteiger partial charge in [-0.15, -0.1) is 0 Å². The van der Waals surface area contributed by atoms with Crippen LogP contribution < -0.4 is 11.1 Å². The molecule has 1 amide bonds. The van der Waals surface area contributed by atoms with Crippen LogP contribution >= 0.6 is 0 Å². The highest BCUT2D eigenvalue weighted by Gasteiger charge is 2.28. The molecular weight excluding hydrogens is 364 g/mol. The highest BCUT2D eigenvalue weighted by atomic mass is 16.1. The number of fused-ring (bicyclic) bond motifs is 3. The SMILES string of the molecule is Cn1nc(C(N)=O)c2c1-c1nc(NC(CC3=CC=CCC3)=C3CC3)ncc1CC2. The van der Waals surface area contributed by atoms with Gasteiger partial charge in [-0.2, -0.15) is 5.10 Å². The van der Waals surface area contributed by atoms with E-state index in [-0.39, 0.29) is 0 Å². The lowest BCUT2D eigenvalue weighted by Gasteiger charge is -2.18. The van der Waals surface area contributed by atoms with Crippen molar-refractivity contribution in [2.75, 3.05) is 5.32 Å². The van der Waals surface area contributed by atoms with Crippen LogP contribution in [0.15, 0.2) is 41.3 Å². The molecular formula is C22H24N6O. The number of carbonyl (C=O) groups excluding carboxylic acids is 1. The highest BCUT2D eigenvalue weighted by Crippen LogP contribution is 2.37. The van der Waals surface area contributed by atoms with Gasteiger partial charge >= 0.3 is 0 Å². The number of carbonyl (C=O) groups is 1. The first kappa shape index (κ1) is 17.8. The molecule has 5 rings (SSSR count). The van der Waals surface area contributed by atoms with E-state index in [1.165, 1.54) is 16.8 Å². The summed E-state index contributed by atoms with van der Waals surface area (Å²) < 4.78 is 1.71. The molecule has 0 radical (unpaired) electrons. The van der Waals surface area contributed by atoms with Crippen molar-refractivity contribution in [1.82, 2.24) is 19.7 Å². The molecule has 7 nitrogen and oxygen atoms in total. The highest BCUT2D eigenvalue weighted by molar-refractivity contribution is 5.94. The summed E-state index contributed by atoms with van der Waals surface area (Å²) in [5.41, 5.74) is 13.7. The molecule has 148 valence electrons. The first-order chi connectivity index (χ1) is 14.1. The summed E-state index contributed by atoms with van der Waals surface area (Å²) in [7, 11) is 1.83. The number of nitrogens with one attached hydrogen (secondary N) is 1. The Morgan fingerprint density at radius 3 is 2.83 bits per heavy atom. The minimum absolute atomic E-state index is 0.347. The zero-order valence-corrected chi connectivity index (χ0v) is 16.5. The van der Waals surface area contributed by atoms with Crippen molar-refractivity contribution in [3.63, 3.8) is 0 Å². The fourth-order valence-corrected chi connectivity index (χ4v) is 4.20. The molecule has 29 heavy (non-hydrogen) atoms. The van der Waals surface area contributed by atoms with Crippen molar-refractivity contribution in [3.8, 4) is 11.4 Å². The minimum atomic E-state index is -0.492. The van der Waals surface area contributed by atoms with E-state index in [2.05, 4.69) is 33.6 Å². The Bertz CT molecular complexity index is 1100. The molecule has 3 N–H and O–H groups in total. The van der Waals surface area contributed by atoms with Crippen LogP contribution in [0.2, 0.25) is 0 Å². The van der Waals surface area contributed by atoms with Crippen LogP contribution in [0.25, 0.3) is 11.4 Å². The number of hydrogen-bond acceptors (Lipinski definition) is 5. The van der Waals surface area contributed by atoms with Crippen molar-refractivity contribution in [2.24, 2.45) is 12.8 Å². The number of hydrogen-bond donors (Lipinski definition) is 2. The molecule has 0 bridgehead atoms. The molecule has 0 aliphatic heterocycles. The molecule has 0 aromatic carbocycles. The van der Waals surface area contributed by atoms with Crippen molar-refractivity contribution in [3.05, 3.63) is 58.1 Å². The molecule has 0 saturated heterocycles. The van der Waals surface area contributed by atoms with Crippen LogP contribution in [0, 0.1) is 0 Å². The summed E-state index contributed by atoms with van der Waals surface area (Å²) in [6.45, 7) is 0. The fourth-order valence-electron chi connectivity index (χ4n) is 4.20. The first-order valence-electron chi connectivity index (χ1n) is 10.1. The summed E-state index contributed by atoms with van der Waals surface area (Å²) in [4.78, 5) is 21.2. The summed E-state index contributed by atoms with van der Waals surface area (Å²) >= 11 is 0. The number of aryl methyl sites for hydroxylation is 2. The Balaban J connectivity index is 1.47. The lowest BCUT2D eigenvalue weighted by molar-refractivity contribution is 0.0994. The molecule has 7 heteroatoms. The van der Waals surface area contributed by atoms with E-state index in [1.807, 2.05) is 13.2 Å². The number of nitrogens with zero attached hydrogens (tertiary/aromatic N) is 4. The predicted molar refractivity (Wildman–Crippen MR) is 111 cm³/mol. The third-order valence-electron chi connectivity index (χ3n) is 5.81. The van der Waals surface area contributed by atoms with Crippen LogP contribution in [0.1, 0.15) is 53.7 Å². The van der Waals surface area contributed by atoms with Crippen molar-refractivity contribution < 1.29 is 4.79 Å². The number of aromatic nitrogens is 4. The van der Waals surface area contributed by atoms with E-state index >= 15 is 0 Å². The van der Waals surface area contributed by atoms with Crippen molar-refractivity contribution in [1.29, 1.82) is 0 Å². The molecule has 2 heterocycles. The second-order valence-corrected chi connectivity index (χ2v) is 7.91. The second-order valence-electron chi connectivity index (χ2n) is 7.91. The van der Waals surface area contributed by atoms with Crippen molar-refractivity contribution in [2.45, 2.75) is 44.9 Å². The van der Waals surface area contributed by atoms with Gasteiger partial charge in [-0.3, -0.25) is 9.48 Å². The molecule has 3 aliphatic carbocycles. The Morgan fingerprint density at radius 2 is 2.10 bits per heavy atom. The number of amides is 1. The maximum Gasteiger partial charge on any atom is 0.269 e. The average Bonchev–Trinajstić information content (AvgIpc) is 3.51. The van der Waals surface area contributed by atoms with E-state index in [1.54, 1.807) is 4.68 Å². The van der Waals surface area contributed by atoms with Gasteiger partial charge in [0.15, 0.2) is 5.69 Å². The molecule has 2 aromatic heterocycles. The quantitative estimate of drug-likeness (QED) is 0.819. The largest absolute Gasteiger partial charge is 0.364 e. The monoisotopic (exact) mass is 388 g/mol. The lowest BCUT2D eigenvalue weighted by Crippen LogP contribution is -2.16. The van der Waals surface area contributed by atoms with Crippen LogP contribution in [0.3, 0.4) is 0 Å². The molecule has 0 spiro atoms. The van der Waals surface area contributed by atoms with Gasteiger partial charge in [-0.05, 0) is 49.7 Å². The predicted octanol–water partition coefficient (Wildman–Crippen LogP) is 3.20. The summed E-state index contributed by atoms with van der Waals surface area (Å²) in [6, 6.07) is 0. The maximum absolute atomic E-state index is 11.8. The van der Waals surface area contributed by atoms with E-state index in [9.17, 15) is 4.79 Å². The van der Waals surface area contributed by atoms with Gasteiger partial charge < -0.3 is 11.1 Å². The topological polar surface area (TPSA) is 98.7 Å². The van der Waals surface area contributed by atoms with Crippen molar-refractivity contribution >= 4 is 11.9 Å². The smallest absolute Gasteiger partial charge is 0.269 e. The summed E-state index contributed by atoms with van der Waals surface area (Å²) in [6.07, 6.45) is 15.4. The van der Waals surface area contributed by atoms with Gasteiger partial charge in [0.05, 0.1) is 11.4 Å². The van der Waals surface area contributed by atoms with Crippen LogP contribution in [0.5, 0.6) is 0 Å². The third kappa shape index (κ3) is 3.37. The lowest BCUT2D eigenvalue weighted by atomic mass is 9.93. The molecule has 2 aromatic rings. The Hall–Kier alpha value is -3.22. The molecule has 3 aliphatic rings. The van der Waals surface area contributed by atoms with Crippen LogP contribution in [-0.2, 0) is 19.9 Å². The average molecular weight is 388 g/mol. The minimum Gasteiger partial charge on any atom is -0.364 e. The van der Waals surface area contributed by atoms with Gasteiger partial charge in [0, 0.05) is 30.9 Å². The third-order valence-corrected chi connectivity index (χ3v) is 5.81. The molecule has 1 fully saturated rings. The van der Waals surface area contributed by atoms with Gasteiger partial charge in [-0.1, -0.05) is 23.8 Å². The van der Waals surface area contributed by atoms with E-state index in [0.29, 0.717) is 11.6 Å². The summed E-state index contributed by atoms with van der Waals surface area (Å²) in [5, 5.41) is 7.82. The molecule has 0 atom stereocenters. The number of anilines is 1. The maximum atomic E-state index is 11.8. The number of allylic oxidation sites excluding steroid dienone is 5. The van der Waals surface area contributed by atoms with Gasteiger partial charge in [0.2, 0.25) is 5.95 Å². The second kappa shape index (κ2) is 6.99. The zero-order valence-electron chi connectivity index (χ0n) is 16.5.